The summed E-state index contributed by atoms with van der Waals surface area (Å²) in [6, 6.07) is 20.6. The van der Waals surface area contributed by atoms with E-state index in [1.165, 1.54) is 0 Å². The molecule has 0 aromatic heterocycles. The molecule has 0 saturated carbocycles. The zero-order valence-electron chi connectivity index (χ0n) is 14.4. The largest absolute Gasteiger partial charge is 0.490 e. The summed E-state index contributed by atoms with van der Waals surface area (Å²) in [5.74, 6) is 0.608. The van der Waals surface area contributed by atoms with Gasteiger partial charge in [0.1, 0.15) is 0 Å². The third kappa shape index (κ3) is 4.11. The van der Waals surface area contributed by atoms with E-state index in [9.17, 15) is 4.79 Å². The van der Waals surface area contributed by atoms with Gasteiger partial charge in [-0.05, 0) is 42.0 Å². The summed E-state index contributed by atoms with van der Waals surface area (Å²) in [5.41, 5.74) is 1.18. The molecule has 3 aromatic carbocycles. The Balaban J connectivity index is 1.65. The normalized spacial score (nSPS) is 10.2. The summed E-state index contributed by atoms with van der Waals surface area (Å²) < 4.78 is 11.0. The molecule has 0 radical (unpaired) electrons. The predicted octanol–water partition coefficient (Wildman–Crippen LogP) is 4.13. The lowest BCUT2D eigenvalue weighted by Crippen LogP contribution is -2.20. The number of nitrogens with zero attached hydrogens (tertiary/aromatic N) is 1. The first-order valence-corrected chi connectivity index (χ1v) is 8.28. The number of carbonyl (C=O) groups is 1. The molecular formula is C21H18N2O3. The summed E-state index contributed by atoms with van der Waals surface area (Å²) in [6.07, 6.45) is 0. The number of nitriles is 1. The second-order valence-electron chi connectivity index (χ2n) is 5.61. The van der Waals surface area contributed by atoms with Gasteiger partial charge < -0.3 is 14.8 Å². The molecule has 0 saturated heterocycles. The zero-order chi connectivity index (χ0) is 18.4. The Morgan fingerprint density at radius 1 is 1.00 bits per heavy atom. The Hall–Kier alpha value is -3.52. The summed E-state index contributed by atoms with van der Waals surface area (Å²) in [7, 11) is 0. The molecule has 1 N–H and O–H groups in total. The standard InChI is InChI=1S/C21H18N2O3/c1-2-25-20-11-15(13-22)7-10-19(20)26-14-21(24)23-18-9-8-16-5-3-4-6-17(16)12-18/h3-12H,2,14H2,1H3,(H,23,24). The quantitative estimate of drug-likeness (QED) is 0.728. The number of fused-ring (bicyclic) bond motifs is 1. The minimum atomic E-state index is -0.271. The SMILES string of the molecule is CCOc1cc(C#N)ccc1OCC(=O)Nc1ccc2ccccc2c1. The van der Waals surface area contributed by atoms with Crippen molar-refractivity contribution in [3.8, 4) is 17.6 Å². The van der Waals surface area contributed by atoms with Crippen molar-refractivity contribution in [2.24, 2.45) is 0 Å². The Kier molecular flexibility index (Phi) is 5.35. The van der Waals surface area contributed by atoms with Gasteiger partial charge >= 0.3 is 0 Å². The van der Waals surface area contributed by atoms with Crippen LogP contribution in [0.2, 0.25) is 0 Å². The van der Waals surface area contributed by atoms with Crippen LogP contribution in [0, 0.1) is 11.3 Å². The van der Waals surface area contributed by atoms with Crippen molar-refractivity contribution in [1.82, 2.24) is 0 Å². The predicted molar refractivity (Wildman–Crippen MR) is 100 cm³/mol. The molecule has 0 heterocycles. The van der Waals surface area contributed by atoms with Crippen molar-refractivity contribution < 1.29 is 14.3 Å². The number of benzene rings is 3. The number of amides is 1. The third-order valence-corrected chi connectivity index (χ3v) is 3.76. The number of ether oxygens (including phenoxy) is 2. The zero-order valence-corrected chi connectivity index (χ0v) is 14.4. The van der Waals surface area contributed by atoms with Crippen molar-refractivity contribution in [3.63, 3.8) is 0 Å². The molecule has 0 aliphatic carbocycles. The van der Waals surface area contributed by atoms with E-state index in [4.69, 9.17) is 14.7 Å². The van der Waals surface area contributed by atoms with E-state index < -0.39 is 0 Å². The molecule has 3 rings (SSSR count). The van der Waals surface area contributed by atoms with Crippen LogP contribution in [0.5, 0.6) is 11.5 Å². The molecule has 5 nitrogen and oxygen atoms in total. The number of carbonyl (C=O) groups excluding carboxylic acids is 1. The Morgan fingerprint density at radius 3 is 2.58 bits per heavy atom. The van der Waals surface area contributed by atoms with Crippen LogP contribution in [-0.4, -0.2) is 19.1 Å². The van der Waals surface area contributed by atoms with Crippen molar-refractivity contribution in [2.75, 3.05) is 18.5 Å². The van der Waals surface area contributed by atoms with Gasteiger partial charge in [-0.25, -0.2) is 0 Å². The van der Waals surface area contributed by atoms with Gasteiger partial charge in [0, 0.05) is 11.8 Å². The van der Waals surface area contributed by atoms with Crippen LogP contribution in [0.4, 0.5) is 5.69 Å². The Bertz CT molecular complexity index is 976. The number of hydrogen-bond donors (Lipinski definition) is 1. The monoisotopic (exact) mass is 346 g/mol. The highest BCUT2D eigenvalue weighted by atomic mass is 16.5. The first kappa shape index (κ1) is 17.3. The number of nitrogens with one attached hydrogen (secondary N) is 1. The van der Waals surface area contributed by atoms with Gasteiger partial charge in [-0.2, -0.15) is 5.26 Å². The van der Waals surface area contributed by atoms with Crippen LogP contribution in [0.15, 0.2) is 60.7 Å². The summed E-state index contributed by atoms with van der Waals surface area (Å²) in [6.45, 7) is 2.13. The van der Waals surface area contributed by atoms with Crippen molar-refractivity contribution >= 4 is 22.4 Å². The molecular weight excluding hydrogens is 328 g/mol. The lowest BCUT2D eigenvalue weighted by atomic mass is 10.1. The molecule has 0 atom stereocenters. The smallest absolute Gasteiger partial charge is 0.262 e. The maximum Gasteiger partial charge on any atom is 0.262 e. The average molecular weight is 346 g/mol. The number of anilines is 1. The van der Waals surface area contributed by atoms with Gasteiger partial charge in [0.15, 0.2) is 18.1 Å². The fraction of sp³-hybridized carbons (Fsp3) is 0.143. The Morgan fingerprint density at radius 2 is 1.81 bits per heavy atom. The fourth-order valence-electron chi connectivity index (χ4n) is 2.57. The maximum absolute atomic E-state index is 12.2. The van der Waals surface area contributed by atoms with E-state index >= 15 is 0 Å². The molecule has 26 heavy (non-hydrogen) atoms. The highest BCUT2D eigenvalue weighted by Gasteiger charge is 2.10. The lowest BCUT2D eigenvalue weighted by molar-refractivity contribution is -0.118. The van der Waals surface area contributed by atoms with E-state index in [2.05, 4.69) is 11.4 Å². The average Bonchev–Trinajstić information content (AvgIpc) is 2.67. The molecule has 3 aromatic rings. The number of hydrogen-bond acceptors (Lipinski definition) is 4. The number of rotatable bonds is 6. The van der Waals surface area contributed by atoms with Crippen LogP contribution >= 0.6 is 0 Å². The minimum Gasteiger partial charge on any atom is -0.490 e. The Labute approximate surface area is 151 Å². The van der Waals surface area contributed by atoms with Crippen molar-refractivity contribution in [3.05, 3.63) is 66.2 Å². The molecule has 0 spiro atoms. The molecule has 0 bridgehead atoms. The lowest BCUT2D eigenvalue weighted by Gasteiger charge is -2.12. The van der Waals surface area contributed by atoms with Crippen molar-refractivity contribution in [1.29, 1.82) is 5.26 Å². The summed E-state index contributed by atoms with van der Waals surface area (Å²) in [5, 5.41) is 14.0. The molecule has 0 fully saturated rings. The summed E-state index contributed by atoms with van der Waals surface area (Å²) >= 11 is 0. The molecule has 5 heteroatoms. The van der Waals surface area contributed by atoms with Crippen LogP contribution in [0.3, 0.4) is 0 Å². The molecule has 1 amide bonds. The van der Waals surface area contributed by atoms with E-state index in [0.29, 0.717) is 29.4 Å². The second-order valence-corrected chi connectivity index (χ2v) is 5.61. The highest BCUT2D eigenvalue weighted by Crippen LogP contribution is 2.28. The van der Waals surface area contributed by atoms with E-state index in [1.54, 1.807) is 18.2 Å². The topological polar surface area (TPSA) is 71.3 Å². The van der Waals surface area contributed by atoms with Gasteiger partial charge in [-0.3, -0.25) is 4.79 Å². The van der Waals surface area contributed by atoms with Gasteiger partial charge in [0.05, 0.1) is 18.2 Å². The molecule has 130 valence electrons. The van der Waals surface area contributed by atoms with Gasteiger partial charge in [0.2, 0.25) is 0 Å². The van der Waals surface area contributed by atoms with Crippen LogP contribution in [0.1, 0.15) is 12.5 Å². The van der Waals surface area contributed by atoms with Crippen LogP contribution in [0.25, 0.3) is 10.8 Å². The first-order valence-electron chi connectivity index (χ1n) is 8.28. The molecule has 0 aliphatic heterocycles. The first-order chi connectivity index (χ1) is 12.7. The minimum absolute atomic E-state index is 0.154. The fourth-order valence-corrected chi connectivity index (χ4v) is 2.57. The van der Waals surface area contributed by atoms with Crippen molar-refractivity contribution in [2.45, 2.75) is 6.92 Å². The van der Waals surface area contributed by atoms with Crippen LogP contribution < -0.4 is 14.8 Å². The van der Waals surface area contributed by atoms with Gasteiger partial charge in [0.25, 0.3) is 5.91 Å². The van der Waals surface area contributed by atoms with E-state index in [-0.39, 0.29) is 12.5 Å². The second kappa shape index (κ2) is 8.04. The van der Waals surface area contributed by atoms with Gasteiger partial charge in [-0.1, -0.05) is 30.3 Å². The summed E-state index contributed by atoms with van der Waals surface area (Å²) in [4.78, 5) is 12.2. The van der Waals surface area contributed by atoms with Gasteiger partial charge in [-0.15, -0.1) is 0 Å². The molecule has 0 unspecified atom stereocenters. The van der Waals surface area contributed by atoms with E-state index in [0.717, 1.165) is 10.8 Å². The highest BCUT2D eigenvalue weighted by molar-refractivity contribution is 5.95. The van der Waals surface area contributed by atoms with Crippen LogP contribution in [-0.2, 0) is 4.79 Å². The third-order valence-electron chi connectivity index (χ3n) is 3.76. The van der Waals surface area contributed by atoms with E-state index in [1.807, 2.05) is 49.4 Å². The molecule has 0 aliphatic rings. The maximum atomic E-state index is 12.2.